The van der Waals surface area contributed by atoms with E-state index in [2.05, 4.69) is 24.3 Å². The second-order valence-electron chi connectivity index (χ2n) is 4.72. The van der Waals surface area contributed by atoms with Gasteiger partial charge < -0.3 is 12.2 Å². The first-order valence-electron chi connectivity index (χ1n) is 7.10. The van der Waals surface area contributed by atoms with Gasteiger partial charge >= 0.3 is 19.5 Å². The van der Waals surface area contributed by atoms with E-state index in [-0.39, 0.29) is 19.5 Å². The van der Waals surface area contributed by atoms with Crippen LogP contribution in [0.1, 0.15) is 77.0 Å². The molecular formula is C16H26Rh. The van der Waals surface area contributed by atoms with Crippen molar-refractivity contribution in [3.63, 3.8) is 0 Å². The van der Waals surface area contributed by atoms with E-state index < -0.39 is 0 Å². The molecule has 0 aromatic carbocycles. The van der Waals surface area contributed by atoms with Gasteiger partial charge in [-0.05, 0) is 0 Å². The molecule has 0 unspecified atom stereocenters. The molecule has 0 heterocycles. The Hall–Kier alpha value is 0.103. The van der Waals surface area contributed by atoms with E-state index in [0.29, 0.717) is 0 Å². The summed E-state index contributed by atoms with van der Waals surface area (Å²) in [7, 11) is 0. The molecule has 0 atom stereocenters. The van der Waals surface area contributed by atoms with Crippen LogP contribution >= 0.6 is 0 Å². The van der Waals surface area contributed by atoms with E-state index >= 15 is 0 Å². The molecule has 2 aliphatic carbocycles. The maximum atomic E-state index is 3.26. The predicted molar refractivity (Wildman–Crippen MR) is 71.0 cm³/mol. The third-order valence-electron chi connectivity index (χ3n) is 3.13. The van der Waals surface area contributed by atoms with Crippen LogP contribution in [0, 0.1) is 12.2 Å². The molecule has 0 nitrogen and oxygen atoms in total. The number of hydrogen-bond acceptors (Lipinski definition) is 0. The zero-order chi connectivity index (χ0) is 11.3. The Bertz CT molecular complexity index is 152. The summed E-state index contributed by atoms with van der Waals surface area (Å²) in [5.74, 6) is 0. The Morgan fingerprint density at radius 2 is 0.941 bits per heavy atom. The Morgan fingerprint density at radius 3 is 1.41 bits per heavy atom. The van der Waals surface area contributed by atoms with Gasteiger partial charge in [0, 0.05) is 0 Å². The molecule has 0 amide bonds. The van der Waals surface area contributed by atoms with Crippen molar-refractivity contribution in [2.75, 3.05) is 0 Å². The van der Waals surface area contributed by atoms with Crippen molar-refractivity contribution < 1.29 is 19.5 Å². The molecule has 0 spiro atoms. The minimum absolute atomic E-state index is 0. The number of hydrogen-bond donors (Lipinski definition) is 0. The van der Waals surface area contributed by atoms with Gasteiger partial charge in [0.25, 0.3) is 0 Å². The minimum atomic E-state index is 0. The third kappa shape index (κ3) is 12.4. The van der Waals surface area contributed by atoms with Crippen LogP contribution in [0.4, 0.5) is 0 Å². The quantitative estimate of drug-likeness (QED) is 0.414. The molecule has 0 bridgehead atoms. The summed E-state index contributed by atoms with van der Waals surface area (Å²) < 4.78 is 0. The second kappa shape index (κ2) is 14.2. The topological polar surface area (TPSA) is 0 Å². The maximum Gasteiger partial charge on any atom is 2.00 e. The molecule has 0 N–H and O–H groups in total. The molecular weight excluding hydrogens is 295 g/mol. The standard InChI is InChI=1S/2C8H13.Rh/c2*1-2-4-6-8-7-5-3-1;/h2*1H,2,4-8H2;/q2*-1;+2. The first-order valence-corrected chi connectivity index (χ1v) is 7.10. The molecule has 2 rings (SSSR count). The molecule has 2 aliphatic rings. The van der Waals surface area contributed by atoms with Crippen LogP contribution in [-0.4, -0.2) is 0 Å². The summed E-state index contributed by atoms with van der Waals surface area (Å²) >= 11 is 0. The average Bonchev–Trinajstić information content (AvgIpc) is 2.15. The van der Waals surface area contributed by atoms with Crippen LogP contribution in [0.3, 0.4) is 0 Å². The molecule has 1 radical (unpaired) electrons. The summed E-state index contributed by atoms with van der Waals surface area (Å²) in [5, 5.41) is 0. The summed E-state index contributed by atoms with van der Waals surface area (Å²) in [5.41, 5.74) is 0. The summed E-state index contributed by atoms with van der Waals surface area (Å²) in [4.78, 5) is 0. The molecule has 0 aromatic rings. The van der Waals surface area contributed by atoms with Crippen molar-refractivity contribution in [2.45, 2.75) is 77.0 Å². The van der Waals surface area contributed by atoms with Crippen molar-refractivity contribution >= 4 is 0 Å². The largest absolute Gasteiger partial charge is 2.00 e. The van der Waals surface area contributed by atoms with Gasteiger partial charge in [0.15, 0.2) is 0 Å². The summed E-state index contributed by atoms with van der Waals surface area (Å²) in [6.45, 7) is 0. The van der Waals surface area contributed by atoms with Crippen LogP contribution in [0.5, 0.6) is 0 Å². The van der Waals surface area contributed by atoms with Crippen molar-refractivity contribution in [3.05, 3.63) is 24.3 Å². The number of allylic oxidation sites excluding steroid dienone is 4. The van der Waals surface area contributed by atoms with Crippen LogP contribution in [0.15, 0.2) is 12.2 Å². The Balaban J connectivity index is 0.000000284. The number of rotatable bonds is 0. The fourth-order valence-electron chi connectivity index (χ4n) is 2.06. The molecule has 17 heavy (non-hydrogen) atoms. The summed E-state index contributed by atoms with van der Waals surface area (Å²) in [6, 6.07) is 0. The average molecular weight is 321 g/mol. The van der Waals surface area contributed by atoms with Gasteiger partial charge in [0.1, 0.15) is 0 Å². The zero-order valence-electron chi connectivity index (χ0n) is 11.0. The molecule has 0 saturated carbocycles. The fraction of sp³-hybridized carbons (Fsp3) is 0.750. The van der Waals surface area contributed by atoms with Gasteiger partial charge in [-0.1, -0.05) is 64.2 Å². The van der Waals surface area contributed by atoms with Gasteiger partial charge in [0.05, 0.1) is 0 Å². The molecule has 0 saturated heterocycles. The Kier molecular flexibility index (Phi) is 14.3. The van der Waals surface area contributed by atoms with Gasteiger partial charge in [-0.25, -0.2) is 0 Å². The first-order chi connectivity index (χ1) is 8.00. The van der Waals surface area contributed by atoms with Gasteiger partial charge in [-0.2, -0.15) is 12.8 Å². The second-order valence-corrected chi connectivity index (χ2v) is 4.72. The van der Waals surface area contributed by atoms with Gasteiger partial charge in [0.2, 0.25) is 0 Å². The smallest absolute Gasteiger partial charge is 0.501 e. The van der Waals surface area contributed by atoms with Crippen molar-refractivity contribution in [1.82, 2.24) is 0 Å². The van der Waals surface area contributed by atoms with E-state index in [1.54, 1.807) is 0 Å². The fourth-order valence-corrected chi connectivity index (χ4v) is 2.06. The van der Waals surface area contributed by atoms with Gasteiger partial charge in [-0.3, -0.25) is 12.2 Å². The van der Waals surface area contributed by atoms with Crippen LogP contribution in [0.2, 0.25) is 0 Å². The Morgan fingerprint density at radius 1 is 0.529 bits per heavy atom. The molecule has 0 fully saturated rings. The van der Waals surface area contributed by atoms with E-state index in [1.165, 1.54) is 77.0 Å². The van der Waals surface area contributed by atoms with E-state index in [4.69, 9.17) is 0 Å². The van der Waals surface area contributed by atoms with Crippen LogP contribution < -0.4 is 0 Å². The first kappa shape index (κ1) is 17.1. The van der Waals surface area contributed by atoms with E-state index in [9.17, 15) is 0 Å². The van der Waals surface area contributed by atoms with Crippen molar-refractivity contribution in [2.24, 2.45) is 0 Å². The SMILES string of the molecule is [C-]1=CCCCCCC1.[C-]1=CCCCCCC1.[Rh+2]. The third-order valence-corrected chi connectivity index (χ3v) is 3.13. The molecule has 0 aliphatic heterocycles. The van der Waals surface area contributed by atoms with Crippen LogP contribution in [0.25, 0.3) is 0 Å². The zero-order valence-corrected chi connectivity index (χ0v) is 12.6. The van der Waals surface area contributed by atoms with Crippen molar-refractivity contribution in [1.29, 1.82) is 0 Å². The van der Waals surface area contributed by atoms with Gasteiger partial charge in [-0.15, -0.1) is 0 Å². The molecule has 0 aromatic heterocycles. The molecule has 99 valence electrons. The van der Waals surface area contributed by atoms with E-state index in [0.717, 1.165) is 0 Å². The predicted octanol–water partition coefficient (Wildman–Crippen LogP) is 5.40. The monoisotopic (exact) mass is 321 g/mol. The summed E-state index contributed by atoms with van der Waals surface area (Å²) in [6.07, 6.45) is 27.0. The normalized spacial score (nSPS) is 20.7. The van der Waals surface area contributed by atoms with Crippen LogP contribution in [-0.2, 0) is 19.5 Å². The van der Waals surface area contributed by atoms with Crippen molar-refractivity contribution in [3.8, 4) is 0 Å². The van der Waals surface area contributed by atoms with E-state index in [1.807, 2.05) is 0 Å². The minimum Gasteiger partial charge on any atom is -0.501 e. The maximum absolute atomic E-state index is 3.26. The Labute approximate surface area is 121 Å². The molecule has 1 heteroatoms.